The lowest BCUT2D eigenvalue weighted by molar-refractivity contribution is -0.143. The standard InChI is InChI=1S/C18H26N2O2/c1-13(2)9-10-15(14-7-5-4-6-8-14)20(3)17(22)18(11-12-18)16(19)21/h4-8,13,15H,9-12H2,1-3H3,(H2,19,21). The molecule has 1 aliphatic carbocycles. The molecule has 0 bridgehead atoms. The Balaban J connectivity index is 2.21. The van der Waals surface area contributed by atoms with E-state index in [4.69, 9.17) is 5.73 Å². The SMILES string of the molecule is CC(C)CCC(c1ccccc1)N(C)C(=O)C1(C(N)=O)CC1. The third-order valence-electron chi connectivity index (χ3n) is 4.62. The topological polar surface area (TPSA) is 63.4 Å². The van der Waals surface area contributed by atoms with Gasteiger partial charge in [0.1, 0.15) is 5.41 Å². The molecule has 0 aromatic heterocycles. The van der Waals surface area contributed by atoms with Crippen LogP contribution in [-0.2, 0) is 9.59 Å². The molecule has 2 amide bonds. The van der Waals surface area contributed by atoms with Gasteiger partial charge in [-0.3, -0.25) is 9.59 Å². The van der Waals surface area contributed by atoms with Gasteiger partial charge in [0.25, 0.3) is 0 Å². The highest BCUT2D eigenvalue weighted by Crippen LogP contribution is 2.48. The van der Waals surface area contributed by atoms with Crippen molar-refractivity contribution in [3.05, 3.63) is 35.9 Å². The molecule has 0 spiro atoms. The van der Waals surface area contributed by atoms with E-state index in [0.717, 1.165) is 18.4 Å². The first-order valence-electron chi connectivity index (χ1n) is 8.00. The number of hydrogen-bond acceptors (Lipinski definition) is 2. The minimum absolute atomic E-state index is 0.00655. The second kappa shape index (κ2) is 6.51. The molecule has 0 radical (unpaired) electrons. The van der Waals surface area contributed by atoms with Crippen LogP contribution in [0.1, 0.15) is 51.1 Å². The van der Waals surface area contributed by atoms with Gasteiger partial charge in [0.2, 0.25) is 11.8 Å². The molecule has 4 heteroatoms. The smallest absolute Gasteiger partial charge is 0.238 e. The van der Waals surface area contributed by atoms with Crippen molar-refractivity contribution in [2.45, 2.75) is 45.6 Å². The molecular formula is C18H26N2O2. The van der Waals surface area contributed by atoms with E-state index in [0.29, 0.717) is 18.8 Å². The Morgan fingerprint density at radius 3 is 2.23 bits per heavy atom. The Hall–Kier alpha value is -1.84. The zero-order valence-electron chi connectivity index (χ0n) is 13.7. The second-order valence-corrected chi connectivity index (χ2v) is 6.76. The first-order valence-corrected chi connectivity index (χ1v) is 8.00. The van der Waals surface area contributed by atoms with Crippen molar-refractivity contribution in [2.24, 2.45) is 17.1 Å². The summed E-state index contributed by atoms with van der Waals surface area (Å²) in [7, 11) is 1.79. The van der Waals surface area contributed by atoms with Crippen LogP contribution in [0.4, 0.5) is 0 Å². The lowest BCUT2D eigenvalue weighted by Crippen LogP contribution is -2.43. The Morgan fingerprint density at radius 2 is 1.77 bits per heavy atom. The minimum atomic E-state index is -0.945. The lowest BCUT2D eigenvalue weighted by Gasteiger charge is -2.31. The number of hydrogen-bond donors (Lipinski definition) is 1. The molecule has 1 aromatic carbocycles. The van der Waals surface area contributed by atoms with E-state index in [1.54, 1.807) is 11.9 Å². The second-order valence-electron chi connectivity index (χ2n) is 6.76. The Labute approximate surface area is 132 Å². The van der Waals surface area contributed by atoms with E-state index in [2.05, 4.69) is 13.8 Å². The monoisotopic (exact) mass is 302 g/mol. The third-order valence-corrected chi connectivity index (χ3v) is 4.62. The van der Waals surface area contributed by atoms with Gasteiger partial charge in [0, 0.05) is 7.05 Å². The van der Waals surface area contributed by atoms with Gasteiger partial charge < -0.3 is 10.6 Å². The molecule has 1 aromatic rings. The van der Waals surface area contributed by atoms with Crippen LogP contribution in [0.25, 0.3) is 0 Å². The Bertz CT molecular complexity index is 535. The van der Waals surface area contributed by atoms with Crippen molar-refractivity contribution in [3.8, 4) is 0 Å². The van der Waals surface area contributed by atoms with E-state index >= 15 is 0 Å². The summed E-state index contributed by atoms with van der Waals surface area (Å²) in [5.74, 6) is -0.0432. The van der Waals surface area contributed by atoms with Gasteiger partial charge >= 0.3 is 0 Å². The number of rotatable bonds is 7. The molecule has 1 saturated carbocycles. The predicted molar refractivity (Wildman–Crippen MR) is 86.9 cm³/mol. The zero-order chi connectivity index (χ0) is 16.3. The van der Waals surface area contributed by atoms with Gasteiger partial charge in [-0.05, 0) is 37.2 Å². The summed E-state index contributed by atoms with van der Waals surface area (Å²) in [6, 6.07) is 10.0. The average Bonchev–Trinajstić information content (AvgIpc) is 3.29. The summed E-state index contributed by atoms with van der Waals surface area (Å²) >= 11 is 0. The van der Waals surface area contributed by atoms with Crippen LogP contribution in [0.2, 0.25) is 0 Å². The fourth-order valence-electron chi connectivity index (χ4n) is 2.92. The van der Waals surface area contributed by atoms with E-state index < -0.39 is 11.3 Å². The maximum atomic E-state index is 12.8. The average molecular weight is 302 g/mol. The van der Waals surface area contributed by atoms with Crippen LogP contribution in [-0.4, -0.2) is 23.8 Å². The van der Waals surface area contributed by atoms with E-state index in [1.807, 2.05) is 30.3 Å². The van der Waals surface area contributed by atoms with Gasteiger partial charge in [0.05, 0.1) is 6.04 Å². The molecule has 1 aliphatic rings. The van der Waals surface area contributed by atoms with Crippen molar-refractivity contribution in [2.75, 3.05) is 7.05 Å². The van der Waals surface area contributed by atoms with Gasteiger partial charge in [-0.1, -0.05) is 44.2 Å². The number of carbonyl (C=O) groups excluding carboxylic acids is 2. The highest BCUT2D eigenvalue weighted by Gasteiger charge is 2.57. The van der Waals surface area contributed by atoms with Crippen LogP contribution in [0.5, 0.6) is 0 Å². The molecule has 4 nitrogen and oxygen atoms in total. The van der Waals surface area contributed by atoms with Gasteiger partial charge in [-0.2, -0.15) is 0 Å². The number of nitrogens with zero attached hydrogens (tertiary/aromatic N) is 1. The number of benzene rings is 1. The highest BCUT2D eigenvalue weighted by atomic mass is 16.2. The minimum Gasteiger partial charge on any atom is -0.369 e. The molecule has 0 saturated heterocycles. The van der Waals surface area contributed by atoms with E-state index in [-0.39, 0.29) is 11.9 Å². The molecule has 1 fully saturated rings. The summed E-state index contributed by atoms with van der Waals surface area (Å²) in [5, 5.41) is 0. The number of nitrogens with two attached hydrogens (primary N) is 1. The van der Waals surface area contributed by atoms with Crippen LogP contribution in [0.15, 0.2) is 30.3 Å². The van der Waals surface area contributed by atoms with E-state index in [9.17, 15) is 9.59 Å². The van der Waals surface area contributed by atoms with Crippen LogP contribution >= 0.6 is 0 Å². The molecule has 1 unspecified atom stereocenters. The number of primary amides is 1. The summed E-state index contributed by atoms with van der Waals surface area (Å²) in [5.41, 5.74) is 5.61. The number of carbonyl (C=O) groups is 2. The molecule has 120 valence electrons. The maximum Gasteiger partial charge on any atom is 0.238 e. The van der Waals surface area contributed by atoms with E-state index in [1.165, 1.54) is 0 Å². The third kappa shape index (κ3) is 3.32. The lowest BCUT2D eigenvalue weighted by atomic mass is 9.94. The summed E-state index contributed by atoms with van der Waals surface area (Å²) < 4.78 is 0. The normalized spacial score (nSPS) is 17.1. The molecule has 1 atom stereocenters. The molecule has 2 N–H and O–H groups in total. The van der Waals surface area contributed by atoms with Crippen molar-refractivity contribution in [3.63, 3.8) is 0 Å². The summed E-state index contributed by atoms with van der Waals surface area (Å²) in [6.45, 7) is 4.35. The fourth-order valence-corrected chi connectivity index (χ4v) is 2.92. The zero-order valence-corrected chi connectivity index (χ0v) is 13.7. The molecule has 2 rings (SSSR count). The molecule has 0 heterocycles. The maximum absolute atomic E-state index is 12.8. The van der Waals surface area contributed by atoms with Crippen LogP contribution in [0, 0.1) is 11.3 Å². The van der Waals surface area contributed by atoms with Gasteiger partial charge in [0.15, 0.2) is 0 Å². The van der Waals surface area contributed by atoms with Crippen molar-refractivity contribution < 1.29 is 9.59 Å². The number of amides is 2. The Morgan fingerprint density at radius 1 is 1.18 bits per heavy atom. The van der Waals surface area contributed by atoms with Crippen LogP contribution in [0.3, 0.4) is 0 Å². The first kappa shape index (κ1) is 16.5. The van der Waals surface area contributed by atoms with Crippen molar-refractivity contribution in [1.29, 1.82) is 0 Å². The van der Waals surface area contributed by atoms with Crippen molar-refractivity contribution in [1.82, 2.24) is 4.90 Å². The first-order chi connectivity index (χ1) is 10.4. The Kier molecular flexibility index (Phi) is 4.89. The largest absolute Gasteiger partial charge is 0.369 e. The molecule has 0 aliphatic heterocycles. The van der Waals surface area contributed by atoms with Gasteiger partial charge in [-0.15, -0.1) is 0 Å². The van der Waals surface area contributed by atoms with Crippen molar-refractivity contribution >= 4 is 11.8 Å². The summed E-state index contributed by atoms with van der Waals surface area (Å²) in [6.07, 6.45) is 3.08. The molecular weight excluding hydrogens is 276 g/mol. The van der Waals surface area contributed by atoms with Gasteiger partial charge in [-0.25, -0.2) is 0 Å². The predicted octanol–water partition coefficient (Wildman–Crippen LogP) is 2.89. The van der Waals surface area contributed by atoms with Crippen LogP contribution < -0.4 is 5.73 Å². The fraction of sp³-hybridized carbons (Fsp3) is 0.556. The molecule has 22 heavy (non-hydrogen) atoms. The highest BCUT2D eigenvalue weighted by molar-refractivity contribution is 6.07. The quantitative estimate of drug-likeness (QED) is 0.787. The summed E-state index contributed by atoms with van der Waals surface area (Å²) in [4.78, 5) is 26.1.